The Morgan fingerprint density at radius 3 is 2.21 bits per heavy atom. The Hall–Kier alpha value is -3.47. The van der Waals surface area contributed by atoms with E-state index in [0.717, 1.165) is 16.8 Å². The number of hydrogen-bond acceptors (Lipinski definition) is 3. The highest BCUT2D eigenvalue weighted by Crippen LogP contribution is 2.18. The van der Waals surface area contributed by atoms with Crippen molar-refractivity contribution in [3.8, 4) is 11.3 Å². The van der Waals surface area contributed by atoms with Crippen LogP contribution in [0.1, 0.15) is 28.5 Å². The number of aryl methyl sites for hydroxylation is 1. The number of nitrogens with one attached hydrogen (secondary N) is 1. The molecule has 0 saturated heterocycles. The van der Waals surface area contributed by atoms with Crippen LogP contribution in [0.2, 0.25) is 0 Å². The molecule has 29 heavy (non-hydrogen) atoms. The van der Waals surface area contributed by atoms with Crippen LogP contribution in [0.3, 0.4) is 0 Å². The number of hydrogen-bond donors (Lipinski definition) is 1. The van der Waals surface area contributed by atoms with Crippen LogP contribution in [0.4, 0.5) is 0 Å². The lowest BCUT2D eigenvalue weighted by molar-refractivity contribution is -0.130. The van der Waals surface area contributed by atoms with Gasteiger partial charge in [-0.15, -0.1) is 0 Å². The van der Waals surface area contributed by atoms with E-state index >= 15 is 0 Å². The Bertz CT molecular complexity index is 972. The Morgan fingerprint density at radius 2 is 1.59 bits per heavy atom. The molecule has 0 saturated carbocycles. The lowest BCUT2D eigenvalue weighted by atomic mass is 10.1. The largest absolute Gasteiger partial charge is 0.343 e. The number of carbonyl (C=O) groups is 2. The van der Waals surface area contributed by atoms with Crippen molar-refractivity contribution < 1.29 is 9.59 Å². The highest BCUT2D eigenvalue weighted by molar-refractivity contribution is 5.97. The molecule has 5 nitrogen and oxygen atoms in total. The van der Waals surface area contributed by atoms with Crippen molar-refractivity contribution in [3.05, 3.63) is 89.6 Å². The summed E-state index contributed by atoms with van der Waals surface area (Å²) in [6.07, 6.45) is 0. The molecule has 2 aromatic carbocycles. The maximum Gasteiger partial charge on any atom is 0.253 e. The van der Waals surface area contributed by atoms with Crippen LogP contribution >= 0.6 is 0 Å². The predicted octanol–water partition coefficient (Wildman–Crippen LogP) is 3.84. The highest BCUT2D eigenvalue weighted by atomic mass is 16.2. The van der Waals surface area contributed by atoms with Gasteiger partial charge in [-0.1, -0.05) is 60.7 Å². The van der Waals surface area contributed by atoms with Crippen LogP contribution in [0.25, 0.3) is 11.3 Å². The number of aromatic nitrogens is 1. The fraction of sp³-hybridized carbons (Fsp3) is 0.208. The summed E-state index contributed by atoms with van der Waals surface area (Å²) in [5.41, 5.74) is 3.98. The summed E-state index contributed by atoms with van der Waals surface area (Å²) < 4.78 is 0. The van der Waals surface area contributed by atoms with Crippen LogP contribution in [-0.2, 0) is 11.3 Å². The first kappa shape index (κ1) is 20.3. The van der Waals surface area contributed by atoms with Gasteiger partial charge in [-0.05, 0) is 31.5 Å². The first-order chi connectivity index (χ1) is 14.1. The van der Waals surface area contributed by atoms with Crippen LogP contribution in [0, 0.1) is 6.92 Å². The minimum atomic E-state index is -0.293. The van der Waals surface area contributed by atoms with Gasteiger partial charge in [-0.3, -0.25) is 14.6 Å². The number of rotatable bonds is 7. The molecule has 1 aromatic heterocycles. The third-order valence-corrected chi connectivity index (χ3v) is 4.75. The Labute approximate surface area is 171 Å². The molecule has 0 atom stereocenters. The van der Waals surface area contributed by atoms with Crippen LogP contribution in [-0.4, -0.2) is 34.8 Å². The molecule has 3 rings (SSSR count). The molecule has 0 fully saturated rings. The van der Waals surface area contributed by atoms with Gasteiger partial charge in [-0.25, -0.2) is 0 Å². The third kappa shape index (κ3) is 5.29. The second-order valence-corrected chi connectivity index (χ2v) is 6.77. The number of likely N-dealkylation sites (N-methyl/N-ethyl adjacent to an activating group) is 1. The van der Waals surface area contributed by atoms with Crippen molar-refractivity contribution in [1.82, 2.24) is 15.2 Å². The Kier molecular flexibility index (Phi) is 6.74. The number of nitrogens with zero attached hydrogens (tertiary/aromatic N) is 2. The molecule has 0 aliphatic carbocycles. The van der Waals surface area contributed by atoms with E-state index in [2.05, 4.69) is 10.3 Å². The molecule has 5 heteroatoms. The summed E-state index contributed by atoms with van der Waals surface area (Å²) in [6.45, 7) is 4.80. The smallest absolute Gasteiger partial charge is 0.253 e. The maximum atomic E-state index is 12.6. The number of pyridine rings is 1. The van der Waals surface area contributed by atoms with E-state index in [1.54, 1.807) is 17.9 Å². The van der Waals surface area contributed by atoms with E-state index in [1.165, 1.54) is 0 Å². The molecule has 1 N–H and O–H groups in total. The molecule has 3 aromatic rings. The molecule has 1 heterocycles. The number of amides is 2. The molecule has 2 amide bonds. The minimum absolute atomic E-state index is 0.0423. The molecule has 148 valence electrons. The summed E-state index contributed by atoms with van der Waals surface area (Å²) in [4.78, 5) is 31.4. The third-order valence-electron chi connectivity index (χ3n) is 4.75. The SMILES string of the molecule is CCN(Cc1ccccc1)C(=O)CNC(=O)c1ccc(-c2ccccc2)nc1C. The molecule has 0 aliphatic rings. The summed E-state index contributed by atoms with van der Waals surface area (Å²) in [7, 11) is 0. The molecule has 0 bridgehead atoms. The molecule has 0 radical (unpaired) electrons. The highest BCUT2D eigenvalue weighted by Gasteiger charge is 2.16. The zero-order valence-electron chi connectivity index (χ0n) is 16.8. The Morgan fingerprint density at radius 1 is 0.931 bits per heavy atom. The lowest BCUT2D eigenvalue weighted by Crippen LogP contribution is -2.40. The number of carbonyl (C=O) groups excluding carboxylic acids is 2. The summed E-state index contributed by atoms with van der Waals surface area (Å²) in [5.74, 6) is -0.407. The van der Waals surface area contributed by atoms with Crippen molar-refractivity contribution in [3.63, 3.8) is 0 Å². The van der Waals surface area contributed by atoms with Gasteiger partial charge in [-0.2, -0.15) is 0 Å². The van der Waals surface area contributed by atoms with E-state index in [0.29, 0.717) is 24.3 Å². The zero-order valence-corrected chi connectivity index (χ0v) is 16.8. The second-order valence-electron chi connectivity index (χ2n) is 6.77. The quantitative estimate of drug-likeness (QED) is 0.670. The monoisotopic (exact) mass is 387 g/mol. The van der Waals surface area contributed by atoms with E-state index in [9.17, 15) is 9.59 Å². The summed E-state index contributed by atoms with van der Waals surface area (Å²) in [6, 6.07) is 23.2. The van der Waals surface area contributed by atoms with Crippen molar-refractivity contribution in [2.45, 2.75) is 20.4 Å². The fourth-order valence-corrected chi connectivity index (χ4v) is 3.11. The summed E-state index contributed by atoms with van der Waals surface area (Å²) in [5, 5.41) is 2.73. The molecule has 0 aliphatic heterocycles. The van der Waals surface area contributed by atoms with Crippen LogP contribution in [0.15, 0.2) is 72.8 Å². The standard InChI is InChI=1S/C24H25N3O2/c1-3-27(17-19-10-6-4-7-11-19)23(28)16-25-24(29)21-14-15-22(26-18(21)2)20-12-8-5-9-13-20/h4-15H,3,16-17H2,1-2H3,(H,25,29). The second kappa shape index (κ2) is 9.64. The molecular weight excluding hydrogens is 362 g/mol. The lowest BCUT2D eigenvalue weighted by Gasteiger charge is -2.21. The van der Waals surface area contributed by atoms with E-state index < -0.39 is 0 Å². The van der Waals surface area contributed by atoms with Crippen LogP contribution in [0.5, 0.6) is 0 Å². The van der Waals surface area contributed by atoms with Gasteiger partial charge in [0.15, 0.2) is 0 Å². The normalized spacial score (nSPS) is 10.4. The van der Waals surface area contributed by atoms with Crippen LogP contribution < -0.4 is 5.32 Å². The van der Waals surface area contributed by atoms with Crippen molar-refractivity contribution >= 4 is 11.8 Å². The molecule has 0 spiro atoms. The van der Waals surface area contributed by atoms with Gasteiger partial charge in [0.2, 0.25) is 5.91 Å². The average Bonchev–Trinajstić information content (AvgIpc) is 2.76. The maximum absolute atomic E-state index is 12.6. The van der Waals surface area contributed by atoms with Crippen molar-refractivity contribution in [1.29, 1.82) is 0 Å². The van der Waals surface area contributed by atoms with Gasteiger partial charge < -0.3 is 10.2 Å². The predicted molar refractivity (Wildman–Crippen MR) is 114 cm³/mol. The van der Waals surface area contributed by atoms with Gasteiger partial charge in [0.25, 0.3) is 5.91 Å². The van der Waals surface area contributed by atoms with Gasteiger partial charge >= 0.3 is 0 Å². The van der Waals surface area contributed by atoms with E-state index in [-0.39, 0.29) is 18.4 Å². The zero-order chi connectivity index (χ0) is 20.6. The van der Waals surface area contributed by atoms with Gasteiger partial charge in [0.1, 0.15) is 0 Å². The topological polar surface area (TPSA) is 62.3 Å². The van der Waals surface area contributed by atoms with Crippen molar-refractivity contribution in [2.24, 2.45) is 0 Å². The van der Waals surface area contributed by atoms with E-state index in [4.69, 9.17) is 0 Å². The van der Waals surface area contributed by atoms with Gasteiger partial charge in [0.05, 0.1) is 23.5 Å². The molecule has 0 unspecified atom stereocenters. The average molecular weight is 387 g/mol. The van der Waals surface area contributed by atoms with Gasteiger partial charge in [0, 0.05) is 18.7 Å². The Balaban J connectivity index is 1.61. The first-order valence-corrected chi connectivity index (χ1v) is 9.71. The summed E-state index contributed by atoms with van der Waals surface area (Å²) >= 11 is 0. The number of benzene rings is 2. The van der Waals surface area contributed by atoms with Crippen molar-refractivity contribution in [2.75, 3.05) is 13.1 Å². The minimum Gasteiger partial charge on any atom is -0.343 e. The van der Waals surface area contributed by atoms with E-state index in [1.807, 2.05) is 73.7 Å². The molecular formula is C24H25N3O2. The first-order valence-electron chi connectivity index (χ1n) is 9.71. The fourth-order valence-electron chi connectivity index (χ4n) is 3.11.